The van der Waals surface area contributed by atoms with Gasteiger partial charge < -0.3 is 15.2 Å². The maximum atomic E-state index is 12.9. The maximum absolute atomic E-state index is 12.9. The number of methoxy groups -OCH3 is 1. The van der Waals surface area contributed by atoms with Crippen molar-refractivity contribution in [3.8, 4) is 0 Å². The number of ether oxygens (including phenoxy) is 1. The van der Waals surface area contributed by atoms with Gasteiger partial charge >= 0.3 is 0 Å². The van der Waals surface area contributed by atoms with E-state index in [0.717, 1.165) is 18.4 Å². The third-order valence-corrected chi connectivity index (χ3v) is 6.16. The third kappa shape index (κ3) is 4.31. The third-order valence-electron chi connectivity index (χ3n) is 6.16. The Morgan fingerprint density at radius 2 is 2.31 bits per heavy atom. The van der Waals surface area contributed by atoms with Crippen molar-refractivity contribution >= 4 is 5.91 Å². The van der Waals surface area contributed by atoms with E-state index in [0.29, 0.717) is 19.7 Å². The summed E-state index contributed by atoms with van der Waals surface area (Å²) >= 11 is 0. The Kier molecular flexibility index (Phi) is 6.45. The van der Waals surface area contributed by atoms with E-state index in [1.54, 1.807) is 7.11 Å². The Bertz CT molecular complexity index is 733. The summed E-state index contributed by atoms with van der Waals surface area (Å²) in [4.78, 5) is 18.3. The number of hydrogen-bond donors (Lipinski definition) is 5. The van der Waals surface area contributed by atoms with Gasteiger partial charge in [-0.1, -0.05) is 18.2 Å². The van der Waals surface area contributed by atoms with E-state index in [-0.39, 0.29) is 42.9 Å². The molecule has 1 aromatic carbocycles. The van der Waals surface area contributed by atoms with E-state index in [9.17, 15) is 4.79 Å². The topological polar surface area (TPSA) is 107 Å². The van der Waals surface area contributed by atoms with Gasteiger partial charge in [0.15, 0.2) is 6.23 Å². The molecule has 0 bridgehead atoms. The van der Waals surface area contributed by atoms with E-state index in [4.69, 9.17) is 14.7 Å². The highest BCUT2D eigenvalue weighted by Crippen LogP contribution is 2.33. The number of benzene rings is 1. The van der Waals surface area contributed by atoms with Crippen LogP contribution in [0.5, 0.6) is 0 Å². The number of amides is 1. The van der Waals surface area contributed by atoms with Gasteiger partial charge in [-0.05, 0) is 36.5 Å². The minimum absolute atomic E-state index is 0.0487. The van der Waals surface area contributed by atoms with Crippen molar-refractivity contribution in [2.24, 2.45) is 5.92 Å². The van der Waals surface area contributed by atoms with Gasteiger partial charge in [-0.2, -0.15) is 5.48 Å². The van der Waals surface area contributed by atoms with Crippen molar-refractivity contribution in [1.82, 2.24) is 26.5 Å². The number of hydrazine groups is 1. The zero-order valence-corrected chi connectivity index (χ0v) is 17.0. The van der Waals surface area contributed by atoms with Crippen LogP contribution in [0.1, 0.15) is 42.2 Å². The number of nitrogens with one attached hydrogen (secondary N) is 4. The lowest BCUT2D eigenvalue weighted by atomic mass is 10.00. The van der Waals surface area contributed by atoms with Gasteiger partial charge in [-0.25, -0.2) is 5.01 Å². The number of hydroxylamine groups is 1. The van der Waals surface area contributed by atoms with Crippen LogP contribution in [0.4, 0.5) is 0 Å². The van der Waals surface area contributed by atoms with Crippen LogP contribution in [0, 0.1) is 5.92 Å². The fourth-order valence-electron chi connectivity index (χ4n) is 4.50. The molecule has 0 aromatic heterocycles. The molecule has 9 heteroatoms. The van der Waals surface area contributed by atoms with Crippen LogP contribution in [0.3, 0.4) is 0 Å². The zero-order valence-electron chi connectivity index (χ0n) is 17.0. The van der Waals surface area contributed by atoms with E-state index < -0.39 is 0 Å². The van der Waals surface area contributed by atoms with Gasteiger partial charge in [-0.15, -0.1) is 0 Å². The normalized spacial score (nSPS) is 31.9. The molecule has 0 radical (unpaired) electrons. The molecule has 3 aliphatic rings. The predicted octanol–water partition coefficient (Wildman–Crippen LogP) is -0.297. The molecule has 0 saturated carbocycles. The van der Waals surface area contributed by atoms with Gasteiger partial charge in [0.1, 0.15) is 6.17 Å². The number of aliphatic hydroxyl groups is 1. The summed E-state index contributed by atoms with van der Waals surface area (Å²) in [6.45, 7) is 3.71. The molecule has 4 rings (SSSR count). The largest absolute Gasteiger partial charge is 0.395 e. The standard InChI is InChI=1S/C20H31N5O4/c1-12-16(10-21-25(12)7-8-26)20(27)22-17-6-4-13-9-14(3-5-15(13)17)19-23-18(11-28-2)29-24-19/h3,5,9,12,16-19,21,23-24,26H,4,6-8,10-11H2,1-2H3,(H,22,27)/t12?,16?,17-,18?,19?/m1/s1. The van der Waals surface area contributed by atoms with E-state index >= 15 is 0 Å². The van der Waals surface area contributed by atoms with Crippen molar-refractivity contribution in [3.63, 3.8) is 0 Å². The van der Waals surface area contributed by atoms with Crippen LogP contribution in [0.2, 0.25) is 0 Å². The summed E-state index contributed by atoms with van der Waals surface area (Å²) in [5.74, 6) is -0.0473. The summed E-state index contributed by atoms with van der Waals surface area (Å²) in [6, 6.07) is 6.49. The number of hydrogen-bond acceptors (Lipinski definition) is 8. The summed E-state index contributed by atoms with van der Waals surface area (Å²) in [7, 11) is 1.65. The highest BCUT2D eigenvalue weighted by molar-refractivity contribution is 5.80. The number of aryl methyl sites for hydroxylation is 1. The molecule has 9 nitrogen and oxygen atoms in total. The first-order valence-electron chi connectivity index (χ1n) is 10.3. The number of carbonyl (C=O) groups excluding carboxylic acids is 1. The van der Waals surface area contributed by atoms with E-state index in [2.05, 4.69) is 39.7 Å². The van der Waals surface area contributed by atoms with Crippen LogP contribution in [0.25, 0.3) is 0 Å². The molecule has 5 N–H and O–H groups in total. The molecular weight excluding hydrogens is 374 g/mol. The van der Waals surface area contributed by atoms with Crippen molar-refractivity contribution in [2.45, 2.75) is 44.2 Å². The highest BCUT2D eigenvalue weighted by atomic mass is 16.7. The monoisotopic (exact) mass is 405 g/mol. The number of carbonyl (C=O) groups is 1. The summed E-state index contributed by atoms with van der Waals surface area (Å²) in [6.07, 6.45) is 1.61. The van der Waals surface area contributed by atoms with Crippen LogP contribution in [-0.4, -0.2) is 61.7 Å². The molecule has 1 aromatic rings. The Balaban J connectivity index is 1.37. The number of fused-ring (bicyclic) bond motifs is 1. The average molecular weight is 405 g/mol. The molecule has 4 unspecified atom stereocenters. The Morgan fingerprint density at radius 3 is 3.10 bits per heavy atom. The molecule has 1 aliphatic carbocycles. The summed E-state index contributed by atoms with van der Waals surface area (Å²) in [5, 5.41) is 17.7. The van der Waals surface area contributed by atoms with Gasteiger partial charge in [-0.3, -0.25) is 20.4 Å². The Labute approximate surface area is 171 Å². The second-order valence-corrected chi connectivity index (χ2v) is 7.96. The van der Waals surface area contributed by atoms with E-state index in [1.807, 2.05) is 11.9 Å². The zero-order chi connectivity index (χ0) is 20.4. The van der Waals surface area contributed by atoms with Crippen LogP contribution in [0.15, 0.2) is 18.2 Å². The van der Waals surface area contributed by atoms with Crippen LogP contribution in [-0.2, 0) is 20.8 Å². The number of rotatable bonds is 7. The molecule has 29 heavy (non-hydrogen) atoms. The lowest BCUT2D eigenvalue weighted by Gasteiger charge is -2.23. The summed E-state index contributed by atoms with van der Waals surface area (Å²) < 4.78 is 5.12. The van der Waals surface area contributed by atoms with Crippen LogP contribution < -0.4 is 21.5 Å². The molecular formula is C20H31N5O4. The van der Waals surface area contributed by atoms with Crippen LogP contribution >= 0.6 is 0 Å². The van der Waals surface area contributed by atoms with Crippen molar-refractivity contribution in [2.75, 3.05) is 33.4 Å². The predicted molar refractivity (Wildman–Crippen MR) is 106 cm³/mol. The lowest BCUT2D eigenvalue weighted by molar-refractivity contribution is -0.126. The first-order valence-corrected chi connectivity index (χ1v) is 10.3. The molecule has 2 heterocycles. The van der Waals surface area contributed by atoms with Gasteiger partial charge in [0.25, 0.3) is 0 Å². The maximum Gasteiger partial charge on any atom is 0.226 e. The SMILES string of the molecule is COCC1NC(c2ccc3c(c2)CC[C@H]3NC(=O)C2CNN(CCO)C2C)NO1. The fraction of sp³-hybridized carbons (Fsp3) is 0.650. The van der Waals surface area contributed by atoms with Crippen molar-refractivity contribution in [1.29, 1.82) is 0 Å². The van der Waals surface area contributed by atoms with Gasteiger partial charge in [0.2, 0.25) is 5.91 Å². The minimum atomic E-state index is -0.169. The first-order chi connectivity index (χ1) is 14.1. The molecule has 1 amide bonds. The molecule has 0 spiro atoms. The molecule has 5 atom stereocenters. The van der Waals surface area contributed by atoms with Crippen molar-refractivity contribution in [3.05, 3.63) is 34.9 Å². The highest BCUT2D eigenvalue weighted by Gasteiger charge is 2.37. The summed E-state index contributed by atoms with van der Waals surface area (Å²) in [5.41, 5.74) is 9.80. The molecule has 2 saturated heterocycles. The fourth-order valence-corrected chi connectivity index (χ4v) is 4.50. The smallest absolute Gasteiger partial charge is 0.226 e. The molecule has 2 fully saturated rings. The van der Waals surface area contributed by atoms with Gasteiger partial charge in [0.05, 0.1) is 25.2 Å². The second-order valence-electron chi connectivity index (χ2n) is 7.96. The Morgan fingerprint density at radius 1 is 1.45 bits per heavy atom. The average Bonchev–Trinajstić information content (AvgIpc) is 3.42. The second kappa shape index (κ2) is 9.05. The Hall–Kier alpha value is -1.59. The number of aliphatic hydroxyl groups excluding tert-OH is 1. The molecule has 160 valence electrons. The van der Waals surface area contributed by atoms with E-state index in [1.165, 1.54) is 11.1 Å². The first kappa shape index (κ1) is 20.7. The number of β-amino-alcohol motifs (C(OH)–C–C–N with tert-alkyl or cyclic N) is 1. The van der Waals surface area contributed by atoms with Gasteiger partial charge in [0, 0.05) is 26.2 Å². The quantitative estimate of drug-likeness (QED) is 0.421. The molecule has 2 aliphatic heterocycles. The minimum Gasteiger partial charge on any atom is -0.395 e. The lowest BCUT2D eigenvalue weighted by Crippen LogP contribution is -2.42. The van der Waals surface area contributed by atoms with Crippen molar-refractivity contribution < 1.29 is 19.5 Å². The number of nitrogens with zero attached hydrogens (tertiary/aromatic N) is 1.